The first-order valence-corrected chi connectivity index (χ1v) is 4.65. The van der Waals surface area contributed by atoms with Gasteiger partial charge in [-0.3, -0.25) is 0 Å². The zero-order chi connectivity index (χ0) is 9.10. The Morgan fingerprint density at radius 3 is 3.15 bits per heavy atom. The van der Waals surface area contributed by atoms with Crippen LogP contribution in [0.4, 0.5) is 5.82 Å². The molecule has 0 aromatic carbocycles. The minimum absolute atomic E-state index is 0.442. The van der Waals surface area contributed by atoms with E-state index in [0.717, 1.165) is 25.3 Å². The molecule has 0 radical (unpaired) electrons. The highest BCUT2D eigenvalue weighted by Crippen LogP contribution is 2.19. The van der Waals surface area contributed by atoms with Crippen molar-refractivity contribution in [2.75, 3.05) is 18.8 Å². The topological polar surface area (TPSA) is 63.8 Å². The lowest BCUT2D eigenvalue weighted by Gasteiger charge is -2.21. The summed E-state index contributed by atoms with van der Waals surface area (Å²) >= 11 is 0. The van der Waals surface area contributed by atoms with Gasteiger partial charge >= 0.3 is 0 Å². The number of nitrogen functional groups attached to an aromatic ring is 1. The van der Waals surface area contributed by atoms with Crippen molar-refractivity contribution in [1.29, 1.82) is 0 Å². The third-order valence-corrected chi connectivity index (χ3v) is 2.36. The van der Waals surface area contributed by atoms with Crippen LogP contribution in [-0.2, 0) is 0 Å². The first kappa shape index (κ1) is 8.44. The molecule has 1 aliphatic rings. The number of aromatic nitrogens is 2. The third-order valence-electron chi connectivity index (χ3n) is 2.36. The van der Waals surface area contributed by atoms with Gasteiger partial charge in [0.1, 0.15) is 11.6 Å². The average molecular weight is 178 g/mol. The van der Waals surface area contributed by atoms with Crippen molar-refractivity contribution < 1.29 is 0 Å². The molecule has 1 aliphatic heterocycles. The quantitative estimate of drug-likeness (QED) is 0.658. The van der Waals surface area contributed by atoms with Crippen molar-refractivity contribution in [3.63, 3.8) is 0 Å². The second-order valence-corrected chi connectivity index (χ2v) is 3.38. The molecule has 1 aromatic heterocycles. The predicted octanol–water partition coefficient (Wildman–Crippen LogP) is 0.526. The molecule has 3 N–H and O–H groups in total. The first-order chi connectivity index (χ1) is 6.36. The molecule has 1 atom stereocenters. The molecule has 0 saturated carbocycles. The molecule has 4 heteroatoms. The van der Waals surface area contributed by atoms with Crippen LogP contribution >= 0.6 is 0 Å². The van der Waals surface area contributed by atoms with Gasteiger partial charge in [0.15, 0.2) is 0 Å². The van der Waals surface area contributed by atoms with E-state index in [9.17, 15) is 0 Å². The Labute approximate surface area is 77.6 Å². The summed E-state index contributed by atoms with van der Waals surface area (Å²) in [5, 5.41) is 3.33. The summed E-state index contributed by atoms with van der Waals surface area (Å²) in [6, 6.07) is 1.72. The number of nitrogens with one attached hydrogen (secondary N) is 1. The fourth-order valence-corrected chi connectivity index (χ4v) is 1.66. The molecule has 0 bridgehead atoms. The van der Waals surface area contributed by atoms with Crippen LogP contribution in [0.5, 0.6) is 0 Å². The molecule has 0 amide bonds. The molecular weight excluding hydrogens is 164 g/mol. The molecule has 2 rings (SSSR count). The second-order valence-electron chi connectivity index (χ2n) is 3.38. The van der Waals surface area contributed by atoms with Gasteiger partial charge in [0.05, 0.1) is 0 Å². The SMILES string of the molecule is Nc1ccnc(C2CCCNC2)n1. The Morgan fingerprint density at radius 2 is 2.46 bits per heavy atom. The molecule has 70 valence electrons. The Bertz CT molecular complexity index is 281. The van der Waals surface area contributed by atoms with Crippen molar-refractivity contribution >= 4 is 5.82 Å². The van der Waals surface area contributed by atoms with E-state index < -0.39 is 0 Å². The Kier molecular flexibility index (Phi) is 2.40. The normalized spacial score (nSPS) is 22.9. The number of rotatable bonds is 1. The van der Waals surface area contributed by atoms with Gasteiger partial charge in [-0.15, -0.1) is 0 Å². The molecular formula is C9H14N4. The minimum atomic E-state index is 0.442. The van der Waals surface area contributed by atoms with Gasteiger partial charge in [-0.2, -0.15) is 0 Å². The maximum absolute atomic E-state index is 5.59. The van der Waals surface area contributed by atoms with Gasteiger partial charge in [0, 0.05) is 18.7 Å². The van der Waals surface area contributed by atoms with E-state index in [1.165, 1.54) is 6.42 Å². The highest BCUT2D eigenvalue weighted by Gasteiger charge is 2.17. The Balaban J connectivity index is 2.14. The van der Waals surface area contributed by atoms with E-state index in [2.05, 4.69) is 15.3 Å². The van der Waals surface area contributed by atoms with E-state index in [-0.39, 0.29) is 0 Å². The highest BCUT2D eigenvalue weighted by atomic mass is 15.0. The lowest BCUT2D eigenvalue weighted by Crippen LogP contribution is -2.29. The molecule has 1 saturated heterocycles. The summed E-state index contributed by atoms with van der Waals surface area (Å²) in [5.41, 5.74) is 5.59. The van der Waals surface area contributed by atoms with Crippen molar-refractivity contribution in [3.8, 4) is 0 Å². The van der Waals surface area contributed by atoms with Crippen LogP contribution in [0, 0.1) is 0 Å². The van der Waals surface area contributed by atoms with Crippen molar-refractivity contribution in [1.82, 2.24) is 15.3 Å². The smallest absolute Gasteiger partial charge is 0.135 e. The average Bonchev–Trinajstić information content (AvgIpc) is 2.19. The largest absolute Gasteiger partial charge is 0.384 e. The fourth-order valence-electron chi connectivity index (χ4n) is 1.66. The third kappa shape index (κ3) is 1.95. The summed E-state index contributed by atoms with van der Waals surface area (Å²) in [7, 11) is 0. The number of piperidine rings is 1. The minimum Gasteiger partial charge on any atom is -0.384 e. The van der Waals surface area contributed by atoms with Crippen LogP contribution in [-0.4, -0.2) is 23.1 Å². The van der Waals surface area contributed by atoms with Gasteiger partial charge in [0.2, 0.25) is 0 Å². The molecule has 1 unspecified atom stereocenters. The monoisotopic (exact) mass is 178 g/mol. The maximum Gasteiger partial charge on any atom is 0.135 e. The van der Waals surface area contributed by atoms with Crippen LogP contribution in [0.2, 0.25) is 0 Å². The van der Waals surface area contributed by atoms with Crippen molar-refractivity contribution in [2.24, 2.45) is 0 Å². The van der Waals surface area contributed by atoms with Gasteiger partial charge in [-0.1, -0.05) is 0 Å². The number of nitrogens with two attached hydrogens (primary N) is 1. The summed E-state index contributed by atoms with van der Waals surface area (Å²) in [5.74, 6) is 1.89. The van der Waals surface area contributed by atoms with Gasteiger partial charge < -0.3 is 11.1 Å². The summed E-state index contributed by atoms with van der Waals surface area (Å²) < 4.78 is 0. The molecule has 2 heterocycles. The zero-order valence-electron chi connectivity index (χ0n) is 7.53. The lowest BCUT2D eigenvalue weighted by atomic mass is 9.99. The molecule has 0 spiro atoms. The molecule has 0 aliphatic carbocycles. The highest BCUT2D eigenvalue weighted by molar-refractivity contribution is 5.26. The number of hydrogen-bond donors (Lipinski definition) is 2. The number of nitrogens with zero attached hydrogens (tertiary/aromatic N) is 2. The van der Waals surface area contributed by atoms with E-state index >= 15 is 0 Å². The summed E-state index contributed by atoms with van der Waals surface area (Å²) in [4.78, 5) is 8.46. The lowest BCUT2D eigenvalue weighted by molar-refractivity contribution is 0.447. The Hall–Kier alpha value is -1.16. The van der Waals surface area contributed by atoms with Crippen molar-refractivity contribution in [3.05, 3.63) is 18.1 Å². The molecule has 1 fully saturated rings. The zero-order valence-corrected chi connectivity index (χ0v) is 7.53. The first-order valence-electron chi connectivity index (χ1n) is 4.65. The molecule has 13 heavy (non-hydrogen) atoms. The Morgan fingerprint density at radius 1 is 1.54 bits per heavy atom. The van der Waals surface area contributed by atoms with E-state index in [1.54, 1.807) is 12.3 Å². The maximum atomic E-state index is 5.59. The predicted molar refractivity (Wildman–Crippen MR) is 51.3 cm³/mol. The van der Waals surface area contributed by atoms with Crippen LogP contribution in [0.15, 0.2) is 12.3 Å². The fraction of sp³-hybridized carbons (Fsp3) is 0.556. The number of hydrogen-bond acceptors (Lipinski definition) is 4. The van der Waals surface area contributed by atoms with Crippen LogP contribution in [0.25, 0.3) is 0 Å². The molecule has 4 nitrogen and oxygen atoms in total. The summed E-state index contributed by atoms with van der Waals surface area (Å²) in [6.07, 6.45) is 4.09. The van der Waals surface area contributed by atoms with Gasteiger partial charge in [-0.25, -0.2) is 9.97 Å². The van der Waals surface area contributed by atoms with Crippen LogP contribution in [0.3, 0.4) is 0 Å². The van der Waals surface area contributed by atoms with Gasteiger partial charge in [-0.05, 0) is 25.5 Å². The number of anilines is 1. The van der Waals surface area contributed by atoms with E-state index in [1.807, 2.05) is 0 Å². The summed E-state index contributed by atoms with van der Waals surface area (Å²) in [6.45, 7) is 2.09. The second kappa shape index (κ2) is 3.70. The van der Waals surface area contributed by atoms with Gasteiger partial charge in [0.25, 0.3) is 0 Å². The van der Waals surface area contributed by atoms with Crippen LogP contribution in [0.1, 0.15) is 24.6 Å². The van der Waals surface area contributed by atoms with E-state index in [0.29, 0.717) is 11.7 Å². The van der Waals surface area contributed by atoms with Crippen LogP contribution < -0.4 is 11.1 Å². The standard InChI is InChI=1S/C9H14N4/c10-8-3-5-12-9(13-8)7-2-1-4-11-6-7/h3,5,7,11H,1-2,4,6H2,(H2,10,12,13). The van der Waals surface area contributed by atoms with E-state index in [4.69, 9.17) is 5.73 Å². The van der Waals surface area contributed by atoms with Crippen molar-refractivity contribution in [2.45, 2.75) is 18.8 Å². The molecule has 1 aromatic rings.